The molecule has 1 aliphatic carbocycles. The van der Waals surface area contributed by atoms with Crippen LogP contribution in [0.2, 0.25) is 0 Å². The number of carbonyl (C=O) groups is 1. The van der Waals surface area contributed by atoms with Gasteiger partial charge in [-0.15, -0.1) is 0 Å². The van der Waals surface area contributed by atoms with Crippen LogP contribution in [0.5, 0.6) is 0 Å². The molecule has 2 heteroatoms. The fraction of sp³-hybridized carbons (Fsp3) is 0.107. The molecule has 5 rings (SSSR count). The van der Waals surface area contributed by atoms with Crippen LogP contribution in [0.3, 0.4) is 0 Å². The zero-order valence-corrected chi connectivity index (χ0v) is 19.9. The van der Waals surface area contributed by atoms with Crippen molar-refractivity contribution in [3.63, 3.8) is 0 Å². The first-order valence-electron chi connectivity index (χ1n) is 10.6. The first-order chi connectivity index (χ1) is 14.7. The van der Waals surface area contributed by atoms with Crippen LogP contribution in [0.1, 0.15) is 22.8 Å². The molecule has 1 nitrogen and oxygen atoms in total. The van der Waals surface area contributed by atoms with Gasteiger partial charge >= 0.3 is 183 Å². The fourth-order valence-electron chi connectivity index (χ4n) is 5.08. The second-order valence-electron chi connectivity index (χ2n) is 8.15. The van der Waals surface area contributed by atoms with Gasteiger partial charge in [-0.2, -0.15) is 0 Å². The van der Waals surface area contributed by atoms with Crippen molar-refractivity contribution in [2.24, 2.45) is 5.92 Å². The Morgan fingerprint density at radius 1 is 0.633 bits per heavy atom. The van der Waals surface area contributed by atoms with Crippen molar-refractivity contribution < 1.29 is 4.79 Å². The molecule has 0 aromatic heterocycles. The zero-order valence-electron chi connectivity index (χ0n) is 17.1. The van der Waals surface area contributed by atoms with Gasteiger partial charge in [0.2, 0.25) is 0 Å². The molecule has 30 heavy (non-hydrogen) atoms. The average Bonchev–Trinajstić information content (AvgIpc) is 3.11. The van der Waals surface area contributed by atoms with Crippen molar-refractivity contribution in [2.45, 2.75) is 13.3 Å². The summed E-state index contributed by atoms with van der Waals surface area (Å²) >= 11 is -3.63. The number of hydrogen-bond acceptors (Lipinski definition) is 1. The van der Waals surface area contributed by atoms with E-state index >= 15 is 0 Å². The second-order valence-corrected chi connectivity index (χ2v) is 18.9. The standard InChI is InChI=1S/C10H9O.3C6H5.Sn/c1-7-6-8-4-2-3-5-9(8)10(7)11;3*1-2-4-6-5-3-1;/h2-3,5,7H,6H2,1H3;3*1-5H;. The SMILES string of the molecule is CC1Cc2c(ccc[c]2[Sn]([c]2ccccc2)([c]2ccccc2)[c]2ccccc2)C1=O. The number of Topliss-reactive ketones (excluding diaryl/α,β-unsaturated/α-hetero) is 1. The molecular formula is C28H24OSn. The Morgan fingerprint density at radius 2 is 1.10 bits per heavy atom. The topological polar surface area (TPSA) is 17.1 Å². The van der Waals surface area contributed by atoms with Crippen LogP contribution in [0.15, 0.2) is 109 Å². The number of carbonyl (C=O) groups excluding carboxylic acids is 1. The third kappa shape index (κ3) is 2.95. The van der Waals surface area contributed by atoms with E-state index < -0.39 is 18.4 Å². The summed E-state index contributed by atoms with van der Waals surface area (Å²) in [6.07, 6.45) is 0.843. The molecule has 0 fully saturated rings. The number of hydrogen-bond donors (Lipinski definition) is 0. The summed E-state index contributed by atoms with van der Waals surface area (Å²) < 4.78 is 5.68. The van der Waals surface area contributed by atoms with Gasteiger partial charge < -0.3 is 0 Å². The van der Waals surface area contributed by atoms with Crippen molar-refractivity contribution in [3.05, 3.63) is 120 Å². The van der Waals surface area contributed by atoms with E-state index in [0.29, 0.717) is 5.78 Å². The van der Waals surface area contributed by atoms with Gasteiger partial charge in [0, 0.05) is 0 Å². The Kier molecular flexibility index (Phi) is 5.08. The minimum absolute atomic E-state index is 0.0625. The Hall–Kier alpha value is -2.65. The monoisotopic (exact) mass is 496 g/mol. The van der Waals surface area contributed by atoms with Gasteiger partial charge in [0.25, 0.3) is 0 Å². The van der Waals surface area contributed by atoms with Crippen molar-refractivity contribution in [1.29, 1.82) is 0 Å². The van der Waals surface area contributed by atoms with Crippen LogP contribution in [-0.4, -0.2) is 24.2 Å². The Morgan fingerprint density at radius 3 is 1.57 bits per heavy atom. The third-order valence-electron chi connectivity index (χ3n) is 6.42. The van der Waals surface area contributed by atoms with Gasteiger partial charge in [0.1, 0.15) is 0 Å². The van der Waals surface area contributed by atoms with Gasteiger partial charge in [-0.25, -0.2) is 0 Å². The maximum atomic E-state index is 12.9. The quantitative estimate of drug-likeness (QED) is 0.397. The average molecular weight is 495 g/mol. The van der Waals surface area contributed by atoms with E-state index in [2.05, 4.69) is 110 Å². The fourth-order valence-corrected chi connectivity index (χ4v) is 19.5. The maximum absolute atomic E-state index is 12.9. The van der Waals surface area contributed by atoms with Crippen molar-refractivity contribution in [1.82, 2.24) is 0 Å². The molecule has 0 bridgehead atoms. The molecule has 1 atom stereocenters. The van der Waals surface area contributed by atoms with Gasteiger partial charge in [0.05, 0.1) is 0 Å². The molecule has 0 saturated carbocycles. The Labute approximate surface area is 182 Å². The molecule has 4 aromatic rings. The van der Waals surface area contributed by atoms with Crippen LogP contribution >= 0.6 is 0 Å². The minimum atomic E-state index is -3.63. The summed E-state index contributed by atoms with van der Waals surface area (Å²) in [4.78, 5) is 12.9. The molecule has 0 N–H and O–H groups in total. The number of benzene rings is 4. The van der Waals surface area contributed by atoms with Gasteiger partial charge in [-0.3, -0.25) is 0 Å². The van der Waals surface area contributed by atoms with E-state index in [9.17, 15) is 4.79 Å². The first kappa shape index (κ1) is 19.3. The Bertz CT molecular complexity index is 1090. The van der Waals surface area contributed by atoms with E-state index in [1.165, 1.54) is 19.9 Å². The molecule has 4 aromatic carbocycles. The summed E-state index contributed by atoms with van der Waals surface area (Å²) in [7, 11) is 0. The van der Waals surface area contributed by atoms with Crippen LogP contribution in [-0.2, 0) is 6.42 Å². The summed E-state index contributed by atoms with van der Waals surface area (Å²) in [5.74, 6) is 0.355. The second kappa shape index (κ2) is 7.88. The van der Waals surface area contributed by atoms with Crippen molar-refractivity contribution >= 4 is 38.5 Å². The number of rotatable bonds is 4. The summed E-state index contributed by atoms with van der Waals surface area (Å²) in [6, 6.07) is 39.5. The predicted octanol–water partition coefficient (Wildman–Crippen LogP) is 3.44. The van der Waals surface area contributed by atoms with Gasteiger partial charge in [-0.1, -0.05) is 0 Å². The summed E-state index contributed by atoms with van der Waals surface area (Å²) in [5, 5.41) is 0. The van der Waals surface area contributed by atoms with Gasteiger partial charge in [0.15, 0.2) is 0 Å². The van der Waals surface area contributed by atoms with E-state index in [-0.39, 0.29) is 5.92 Å². The molecule has 0 radical (unpaired) electrons. The van der Waals surface area contributed by atoms with Crippen LogP contribution in [0, 0.1) is 5.92 Å². The molecule has 146 valence electrons. The zero-order chi connectivity index (χ0) is 20.6. The summed E-state index contributed by atoms with van der Waals surface area (Å²) in [6.45, 7) is 2.07. The van der Waals surface area contributed by atoms with E-state index in [0.717, 1.165) is 12.0 Å². The van der Waals surface area contributed by atoms with E-state index in [4.69, 9.17) is 0 Å². The van der Waals surface area contributed by atoms with Crippen molar-refractivity contribution in [2.75, 3.05) is 0 Å². The van der Waals surface area contributed by atoms with Crippen LogP contribution in [0.25, 0.3) is 0 Å². The van der Waals surface area contributed by atoms with Gasteiger partial charge in [-0.05, 0) is 0 Å². The molecule has 0 amide bonds. The van der Waals surface area contributed by atoms with Crippen LogP contribution in [0.4, 0.5) is 0 Å². The van der Waals surface area contributed by atoms with Crippen LogP contribution < -0.4 is 14.3 Å². The molecule has 0 heterocycles. The third-order valence-corrected chi connectivity index (χ3v) is 20.3. The van der Waals surface area contributed by atoms with E-state index in [1.54, 1.807) is 0 Å². The molecular weight excluding hydrogens is 471 g/mol. The summed E-state index contributed by atoms with van der Waals surface area (Å²) in [5.41, 5.74) is 2.21. The van der Waals surface area contributed by atoms with E-state index in [1.807, 2.05) is 6.07 Å². The first-order valence-corrected chi connectivity index (χ1v) is 16.3. The Balaban J connectivity index is 1.94. The number of fused-ring (bicyclic) bond motifs is 1. The molecule has 0 spiro atoms. The van der Waals surface area contributed by atoms with Crippen molar-refractivity contribution in [3.8, 4) is 0 Å². The molecule has 1 aliphatic rings. The normalized spacial score (nSPS) is 15.8. The molecule has 0 aliphatic heterocycles. The number of ketones is 1. The molecule has 1 unspecified atom stereocenters. The molecule has 0 saturated heterocycles. The predicted molar refractivity (Wildman–Crippen MR) is 127 cm³/mol.